The van der Waals surface area contributed by atoms with Crippen molar-refractivity contribution in [3.63, 3.8) is 0 Å². The number of Topliss-reactive ketones (excluding diaryl/α,β-unsaturated/α-hetero) is 1. The summed E-state index contributed by atoms with van der Waals surface area (Å²) < 4.78 is 0. The molecular formula is C16H25NOS. The third-order valence-electron chi connectivity index (χ3n) is 4.69. The molecular weight excluding hydrogens is 254 g/mol. The zero-order valence-corrected chi connectivity index (χ0v) is 13.0. The first kappa shape index (κ1) is 14.7. The van der Waals surface area contributed by atoms with E-state index in [9.17, 15) is 4.79 Å². The third-order valence-corrected chi connectivity index (χ3v) is 5.60. The Kier molecular flexibility index (Phi) is 5.17. The molecule has 2 rings (SSSR count). The van der Waals surface area contributed by atoms with Crippen LogP contribution >= 0.6 is 11.3 Å². The van der Waals surface area contributed by atoms with Gasteiger partial charge in [0.05, 0.1) is 4.88 Å². The highest BCUT2D eigenvalue weighted by atomic mass is 32.1. The Morgan fingerprint density at radius 1 is 1.42 bits per heavy atom. The average molecular weight is 279 g/mol. The fourth-order valence-electron chi connectivity index (χ4n) is 3.07. The maximum Gasteiger partial charge on any atom is 0.172 e. The van der Waals surface area contributed by atoms with Crippen LogP contribution in [0.1, 0.15) is 55.6 Å². The fraction of sp³-hybridized carbons (Fsp3) is 0.688. The first-order valence-corrected chi connectivity index (χ1v) is 8.36. The summed E-state index contributed by atoms with van der Waals surface area (Å²) in [6.45, 7) is 8.15. The van der Waals surface area contributed by atoms with E-state index in [1.807, 2.05) is 17.5 Å². The minimum Gasteiger partial charge on any atom is -0.303 e. The zero-order chi connectivity index (χ0) is 13.7. The van der Waals surface area contributed by atoms with Crippen LogP contribution in [0.25, 0.3) is 0 Å². The lowest BCUT2D eigenvalue weighted by molar-refractivity contribution is 0.0979. The molecule has 3 heteroatoms. The van der Waals surface area contributed by atoms with Gasteiger partial charge in [0.2, 0.25) is 0 Å². The molecule has 0 unspecified atom stereocenters. The molecule has 1 fully saturated rings. The standard InChI is InChI=1S/C16H25NOS/c1-3-16(4-2)9-11-17(13-16)10-5-7-14(18)15-8-6-12-19-15/h6,8,12H,3-5,7,9-11,13H2,1-2H3. The normalized spacial score (nSPS) is 18.8. The van der Waals surface area contributed by atoms with Crippen LogP contribution in [0.5, 0.6) is 0 Å². The van der Waals surface area contributed by atoms with Gasteiger partial charge in [-0.05, 0) is 55.6 Å². The Morgan fingerprint density at radius 2 is 2.21 bits per heavy atom. The lowest BCUT2D eigenvalue weighted by Gasteiger charge is -2.26. The van der Waals surface area contributed by atoms with Gasteiger partial charge in [-0.15, -0.1) is 11.3 Å². The molecule has 1 aliphatic rings. The van der Waals surface area contributed by atoms with Gasteiger partial charge >= 0.3 is 0 Å². The van der Waals surface area contributed by atoms with E-state index in [1.54, 1.807) is 11.3 Å². The molecule has 1 aromatic rings. The molecule has 0 bridgehead atoms. The molecule has 0 aliphatic carbocycles. The number of hydrogen-bond donors (Lipinski definition) is 0. The number of ketones is 1. The summed E-state index contributed by atoms with van der Waals surface area (Å²) in [6.07, 6.45) is 5.60. The van der Waals surface area contributed by atoms with E-state index in [1.165, 1.54) is 32.4 Å². The van der Waals surface area contributed by atoms with E-state index >= 15 is 0 Å². The number of rotatable bonds is 7. The van der Waals surface area contributed by atoms with Gasteiger partial charge in [-0.25, -0.2) is 0 Å². The zero-order valence-electron chi connectivity index (χ0n) is 12.2. The average Bonchev–Trinajstić information content (AvgIpc) is 3.09. The predicted octanol–water partition coefficient (Wildman–Crippen LogP) is 4.22. The van der Waals surface area contributed by atoms with E-state index < -0.39 is 0 Å². The van der Waals surface area contributed by atoms with Gasteiger partial charge in [0, 0.05) is 13.0 Å². The Bertz CT molecular complexity index is 395. The smallest absolute Gasteiger partial charge is 0.172 e. The highest BCUT2D eigenvalue weighted by molar-refractivity contribution is 7.12. The monoisotopic (exact) mass is 279 g/mol. The van der Waals surface area contributed by atoms with Crippen molar-refractivity contribution in [1.29, 1.82) is 0 Å². The number of nitrogens with zero attached hydrogens (tertiary/aromatic N) is 1. The SMILES string of the molecule is CCC1(CC)CCN(CCCC(=O)c2cccs2)C1. The van der Waals surface area contributed by atoms with Gasteiger partial charge in [0.25, 0.3) is 0 Å². The molecule has 0 aromatic carbocycles. The van der Waals surface area contributed by atoms with Crippen LogP contribution < -0.4 is 0 Å². The minimum atomic E-state index is 0.312. The second-order valence-electron chi connectivity index (χ2n) is 5.74. The molecule has 0 spiro atoms. The van der Waals surface area contributed by atoms with E-state index in [4.69, 9.17) is 0 Å². The van der Waals surface area contributed by atoms with Crippen molar-refractivity contribution in [1.82, 2.24) is 4.90 Å². The van der Waals surface area contributed by atoms with Crippen LogP contribution in [0.15, 0.2) is 17.5 Å². The second-order valence-corrected chi connectivity index (χ2v) is 6.68. The minimum absolute atomic E-state index is 0.312. The van der Waals surface area contributed by atoms with Gasteiger partial charge in [-0.1, -0.05) is 19.9 Å². The summed E-state index contributed by atoms with van der Waals surface area (Å²) in [5.74, 6) is 0.312. The van der Waals surface area contributed by atoms with Gasteiger partial charge in [0.1, 0.15) is 0 Å². The molecule has 0 amide bonds. The Hall–Kier alpha value is -0.670. The molecule has 0 N–H and O–H groups in total. The maximum absolute atomic E-state index is 11.9. The Labute approximate surface area is 120 Å². The van der Waals surface area contributed by atoms with Crippen molar-refractivity contribution in [2.75, 3.05) is 19.6 Å². The maximum atomic E-state index is 11.9. The molecule has 0 atom stereocenters. The summed E-state index contributed by atoms with van der Waals surface area (Å²) >= 11 is 1.56. The van der Waals surface area contributed by atoms with Crippen molar-refractivity contribution >= 4 is 17.1 Å². The van der Waals surface area contributed by atoms with Gasteiger partial charge < -0.3 is 4.90 Å². The number of likely N-dealkylation sites (tertiary alicyclic amines) is 1. The summed E-state index contributed by atoms with van der Waals surface area (Å²) in [4.78, 5) is 15.4. The van der Waals surface area contributed by atoms with E-state index in [0.29, 0.717) is 17.6 Å². The topological polar surface area (TPSA) is 20.3 Å². The lowest BCUT2D eigenvalue weighted by atomic mass is 9.82. The molecule has 19 heavy (non-hydrogen) atoms. The summed E-state index contributed by atoms with van der Waals surface area (Å²) in [7, 11) is 0. The van der Waals surface area contributed by atoms with Crippen LogP contribution in [-0.2, 0) is 0 Å². The fourth-order valence-corrected chi connectivity index (χ4v) is 3.76. The van der Waals surface area contributed by atoms with Crippen LogP contribution in [0.3, 0.4) is 0 Å². The number of carbonyl (C=O) groups excluding carboxylic acids is 1. The molecule has 2 nitrogen and oxygen atoms in total. The van der Waals surface area contributed by atoms with Crippen LogP contribution in [0, 0.1) is 5.41 Å². The van der Waals surface area contributed by atoms with Gasteiger partial charge in [0.15, 0.2) is 5.78 Å². The first-order chi connectivity index (χ1) is 9.19. The second kappa shape index (κ2) is 6.67. The largest absolute Gasteiger partial charge is 0.303 e. The van der Waals surface area contributed by atoms with Crippen LogP contribution in [-0.4, -0.2) is 30.3 Å². The molecule has 106 valence electrons. The van der Waals surface area contributed by atoms with Crippen molar-refractivity contribution in [2.24, 2.45) is 5.41 Å². The van der Waals surface area contributed by atoms with Crippen LogP contribution in [0.4, 0.5) is 0 Å². The van der Waals surface area contributed by atoms with E-state index in [2.05, 4.69) is 18.7 Å². The van der Waals surface area contributed by atoms with Crippen molar-refractivity contribution in [3.8, 4) is 0 Å². The number of carbonyl (C=O) groups is 1. The number of hydrogen-bond acceptors (Lipinski definition) is 3. The predicted molar refractivity (Wildman–Crippen MR) is 82.0 cm³/mol. The Morgan fingerprint density at radius 3 is 2.79 bits per heavy atom. The van der Waals surface area contributed by atoms with E-state index in [-0.39, 0.29) is 0 Å². The van der Waals surface area contributed by atoms with Gasteiger partial charge in [-0.3, -0.25) is 4.79 Å². The molecule has 0 saturated carbocycles. The molecule has 0 radical (unpaired) electrons. The molecule has 2 heterocycles. The summed E-state index contributed by atoms with van der Waals surface area (Å²) in [6, 6.07) is 3.89. The third kappa shape index (κ3) is 3.67. The molecule has 1 saturated heterocycles. The Balaban J connectivity index is 1.71. The van der Waals surface area contributed by atoms with Crippen molar-refractivity contribution in [2.45, 2.75) is 46.0 Å². The quantitative estimate of drug-likeness (QED) is 0.696. The molecule has 1 aromatic heterocycles. The van der Waals surface area contributed by atoms with Crippen LogP contribution in [0.2, 0.25) is 0 Å². The summed E-state index contributed by atoms with van der Waals surface area (Å²) in [5.41, 5.74) is 0.553. The van der Waals surface area contributed by atoms with Crippen molar-refractivity contribution < 1.29 is 4.79 Å². The van der Waals surface area contributed by atoms with E-state index in [0.717, 1.165) is 17.8 Å². The molecule has 1 aliphatic heterocycles. The van der Waals surface area contributed by atoms with Gasteiger partial charge in [-0.2, -0.15) is 0 Å². The lowest BCUT2D eigenvalue weighted by Crippen LogP contribution is -2.27. The highest BCUT2D eigenvalue weighted by Gasteiger charge is 2.34. The highest BCUT2D eigenvalue weighted by Crippen LogP contribution is 2.36. The van der Waals surface area contributed by atoms with Crippen molar-refractivity contribution in [3.05, 3.63) is 22.4 Å². The first-order valence-electron chi connectivity index (χ1n) is 7.48. The summed E-state index contributed by atoms with van der Waals surface area (Å²) in [5, 5.41) is 1.98. The number of thiophene rings is 1.